The standard InChI is InChI=1S/C18H26IN3O3/c1-14(2)13-25-18(24)22-8-4-7-21(9-10-22)12-17(23)20-16-6-3-5-15(19)11-16/h3,5-6,11,14H,4,7-10,12-13H2,1-2H3,(H,20,23). The predicted molar refractivity (Wildman–Crippen MR) is 107 cm³/mol. The van der Waals surface area contributed by atoms with Crippen molar-refractivity contribution >= 4 is 40.3 Å². The summed E-state index contributed by atoms with van der Waals surface area (Å²) in [7, 11) is 0. The molecule has 1 aromatic rings. The first-order valence-electron chi connectivity index (χ1n) is 8.63. The third kappa shape index (κ3) is 7.19. The molecule has 2 amide bonds. The molecule has 0 aliphatic carbocycles. The molecule has 1 aromatic carbocycles. The number of ether oxygens (including phenoxy) is 1. The second kappa shape index (κ2) is 9.96. The second-order valence-corrected chi connectivity index (χ2v) is 7.89. The molecule has 0 atom stereocenters. The average molecular weight is 459 g/mol. The zero-order chi connectivity index (χ0) is 18.2. The van der Waals surface area contributed by atoms with Crippen LogP contribution in [-0.2, 0) is 9.53 Å². The number of hydrogen-bond acceptors (Lipinski definition) is 4. The first-order valence-corrected chi connectivity index (χ1v) is 9.71. The van der Waals surface area contributed by atoms with Gasteiger partial charge in [0.15, 0.2) is 0 Å². The highest BCUT2D eigenvalue weighted by Crippen LogP contribution is 2.12. The van der Waals surface area contributed by atoms with E-state index in [1.165, 1.54) is 0 Å². The fraction of sp³-hybridized carbons (Fsp3) is 0.556. The van der Waals surface area contributed by atoms with Crippen molar-refractivity contribution in [3.63, 3.8) is 0 Å². The van der Waals surface area contributed by atoms with Gasteiger partial charge < -0.3 is 15.0 Å². The van der Waals surface area contributed by atoms with E-state index in [4.69, 9.17) is 4.74 Å². The van der Waals surface area contributed by atoms with Crippen LogP contribution in [0.25, 0.3) is 0 Å². The lowest BCUT2D eigenvalue weighted by Gasteiger charge is -2.21. The smallest absolute Gasteiger partial charge is 0.409 e. The minimum atomic E-state index is -0.251. The number of halogens is 1. The van der Waals surface area contributed by atoms with E-state index < -0.39 is 0 Å². The first-order chi connectivity index (χ1) is 11.9. The zero-order valence-electron chi connectivity index (χ0n) is 14.8. The van der Waals surface area contributed by atoms with Gasteiger partial charge in [0, 0.05) is 35.4 Å². The summed E-state index contributed by atoms with van der Waals surface area (Å²) in [5.41, 5.74) is 0.811. The van der Waals surface area contributed by atoms with Gasteiger partial charge in [0.05, 0.1) is 13.2 Å². The Kier molecular flexibility index (Phi) is 7.95. The fourth-order valence-electron chi connectivity index (χ4n) is 2.61. The molecule has 7 heteroatoms. The lowest BCUT2D eigenvalue weighted by atomic mass is 10.2. The van der Waals surface area contributed by atoms with Crippen LogP contribution in [0.1, 0.15) is 20.3 Å². The average Bonchev–Trinajstić information content (AvgIpc) is 2.78. The lowest BCUT2D eigenvalue weighted by molar-refractivity contribution is -0.117. The molecule has 0 unspecified atom stereocenters. The van der Waals surface area contributed by atoms with Crippen LogP contribution < -0.4 is 5.32 Å². The van der Waals surface area contributed by atoms with Gasteiger partial charge in [-0.3, -0.25) is 9.69 Å². The summed E-state index contributed by atoms with van der Waals surface area (Å²) in [6.07, 6.45) is 0.590. The van der Waals surface area contributed by atoms with Crippen LogP contribution in [0.2, 0.25) is 0 Å². The molecule has 2 rings (SSSR count). The Morgan fingerprint density at radius 3 is 2.76 bits per heavy atom. The maximum absolute atomic E-state index is 12.2. The van der Waals surface area contributed by atoms with Gasteiger partial charge in [-0.15, -0.1) is 0 Å². The third-order valence-electron chi connectivity index (χ3n) is 3.86. The van der Waals surface area contributed by atoms with Crippen molar-refractivity contribution in [1.82, 2.24) is 9.80 Å². The van der Waals surface area contributed by atoms with Crippen LogP contribution in [0, 0.1) is 9.49 Å². The molecule has 25 heavy (non-hydrogen) atoms. The summed E-state index contributed by atoms with van der Waals surface area (Å²) in [5.74, 6) is 0.301. The molecule has 1 heterocycles. The molecule has 6 nitrogen and oxygen atoms in total. The number of amides is 2. The van der Waals surface area contributed by atoms with E-state index in [1.54, 1.807) is 4.90 Å². The van der Waals surface area contributed by atoms with Crippen molar-refractivity contribution in [2.45, 2.75) is 20.3 Å². The fourth-order valence-corrected chi connectivity index (χ4v) is 3.15. The van der Waals surface area contributed by atoms with Crippen molar-refractivity contribution in [2.24, 2.45) is 5.92 Å². The van der Waals surface area contributed by atoms with E-state index in [2.05, 4.69) is 32.8 Å². The number of carbonyl (C=O) groups excluding carboxylic acids is 2. The minimum Gasteiger partial charge on any atom is -0.449 e. The summed E-state index contributed by atoms with van der Waals surface area (Å²) in [6.45, 7) is 7.55. The van der Waals surface area contributed by atoms with Crippen LogP contribution in [-0.4, -0.2) is 61.1 Å². The highest BCUT2D eigenvalue weighted by molar-refractivity contribution is 14.1. The number of anilines is 1. The molecular formula is C18H26IN3O3. The third-order valence-corrected chi connectivity index (χ3v) is 4.53. The van der Waals surface area contributed by atoms with E-state index in [-0.39, 0.29) is 12.0 Å². The van der Waals surface area contributed by atoms with E-state index >= 15 is 0 Å². The number of benzene rings is 1. The maximum atomic E-state index is 12.2. The summed E-state index contributed by atoms with van der Waals surface area (Å²) in [5, 5.41) is 2.93. The van der Waals surface area contributed by atoms with Crippen molar-refractivity contribution in [3.8, 4) is 0 Å². The Morgan fingerprint density at radius 1 is 1.24 bits per heavy atom. The SMILES string of the molecule is CC(C)COC(=O)N1CCCN(CC(=O)Nc2cccc(I)c2)CC1. The monoisotopic (exact) mass is 459 g/mol. The van der Waals surface area contributed by atoms with Gasteiger partial charge in [-0.2, -0.15) is 0 Å². The molecule has 0 radical (unpaired) electrons. The number of hydrogen-bond donors (Lipinski definition) is 1. The largest absolute Gasteiger partial charge is 0.449 e. The highest BCUT2D eigenvalue weighted by Gasteiger charge is 2.21. The van der Waals surface area contributed by atoms with E-state index in [1.807, 2.05) is 38.1 Å². The molecular weight excluding hydrogens is 433 g/mol. The van der Waals surface area contributed by atoms with Crippen molar-refractivity contribution < 1.29 is 14.3 Å². The van der Waals surface area contributed by atoms with E-state index in [9.17, 15) is 9.59 Å². The number of rotatable bonds is 5. The Hall–Kier alpha value is -1.35. The van der Waals surface area contributed by atoms with Crippen LogP contribution in [0.3, 0.4) is 0 Å². The molecule has 0 bridgehead atoms. The van der Waals surface area contributed by atoms with Crippen LogP contribution in [0.15, 0.2) is 24.3 Å². The number of carbonyl (C=O) groups is 2. The number of nitrogens with zero attached hydrogens (tertiary/aromatic N) is 2. The Bertz CT molecular complexity index is 595. The van der Waals surface area contributed by atoms with Gasteiger partial charge in [-0.25, -0.2) is 4.79 Å². The van der Waals surface area contributed by atoms with Gasteiger partial charge in [-0.1, -0.05) is 19.9 Å². The van der Waals surface area contributed by atoms with Gasteiger partial charge in [-0.05, 0) is 53.1 Å². The van der Waals surface area contributed by atoms with Crippen molar-refractivity contribution in [3.05, 3.63) is 27.8 Å². The van der Waals surface area contributed by atoms with Crippen LogP contribution >= 0.6 is 22.6 Å². The Morgan fingerprint density at radius 2 is 2.04 bits per heavy atom. The van der Waals surface area contributed by atoms with E-state index in [0.29, 0.717) is 38.7 Å². The molecule has 1 aliphatic rings. The molecule has 1 fully saturated rings. The molecule has 0 saturated carbocycles. The highest BCUT2D eigenvalue weighted by atomic mass is 127. The van der Waals surface area contributed by atoms with Gasteiger partial charge in [0.25, 0.3) is 0 Å². The molecule has 0 aromatic heterocycles. The minimum absolute atomic E-state index is 0.0298. The number of nitrogens with one attached hydrogen (secondary N) is 1. The Labute approximate surface area is 163 Å². The Balaban J connectivity index is 1.78. The van der Waals surface area contributed by atoms with Crippen LogP contribution in [0.5, 0.6) is 0 Å². The summed E-state index contributed by atoms with van der Waals surface area (Å²) in [4.78, 5) is 28.1. The summed E-state index contributed by atoms with van der Waals surface area (Å²) >= 11 is 2.22. The van der Waals surface area contributed by atoms with Crippen molar-refractivity contribution in [1.29, 1.82) is 0 Å². The van der Waals surface area contributed by atoms with Crippen LogP contribution in [0.4, 0.5) is 10.5 Å². The quantitative estimate of drug-likeness (QED) is 0.688. The normalized spacial score (nSPS) is 15.8. The molecule has 138 valence electrons. The molecule has 1 saturated heterocycles. The summed E-state index contributed by atoms with van der Waals surface area (Å²) < 4.78 is 6.38. The van der Waals surface area contributed by atoms with Crippen molar-refractivity contribution in [2.75, 3.05) is 44.6 Å². The lowest BCUT2D eigenvalue weighted by Crippen LogP contribution is -2.38. The van der Waals surface area contributed by atoms with Gasteiger partial charge >= 0.3 is 6.09 Å². The maximum Gasteiger partial charge on any atom is 0.409 e. The molecule has 0 spiro atoms. The topological polar surface area (TPSA) is 61.9 Å². The molecule has 1 N–H and O–H groups in total. The van der Waals surface area contributed by atoms with Gasteiger partial charge in [0.1, 0.15) is 0 Å². The van der Waals surface area contributed by atoms with E-state index in [0.717, 1.165) is 22.2 Å². The predicted octanol–water partition coefficient (Wildman–Crippen LogP) is 3.03. The summed E-state index contributed by atoms with van der Waals surface area (Å²) in [6, 6.07) is 7.73. The molecule has 1 aliphatic heterocycles. The van der Waals surface area contributed by atoms with Gasteiger partial charge in [0.2, 0.25) is 5.91 Å². The first kappa shape index (κ1) is 20.0. The second-order valence-electron chi connectivity index (χ2n) is 6.65. The zero-order valence-corrected chi connectivity index (χ0v) is 17.0.